The Morgan fingerprint density at radius 3 is 2.48 bits per heavy atom. The van der Waals surface area contributed by atoms with Crippen LogP contribution in [0.2, 0.25) is 0 Å². The maximum Gasteiger partial charge on any atom is 0.222 e. The molecular weight excluding hydrogens is 314 g/mol. The number of aromatic nitrogens is 1. The van der Waals surface area contributed by atoms with Crippen molar-refractivity contribution in [2.24, 2.45) is 0 Å². The van der Waals surface area contributed by atoms with Crippen molar-refractivity contribution in [2.45, 2.75) is 19.4 Å². The summed E-state index contributed by atoms with van der Waals surface area (Å²) in [6.07, 6.45) is 3.13. The molecular formula is C20H25N3O2. The van der Waals surface area contributed by atoms with E-state index in [0.717, 1.165) is 50.6 Å². The first-order chi connectivity index (χ1) is 12.3. The first-order valence-corrected chi connectivity index (χ1v) is 8.89. The number of piperazine rings is 1. The van der Waals surface area contributed by atoms with Gasteiger partial charge < -0.3 is 9.64 Å². The van der Waals surface area contributed by atoms with Crippen LogP contribution in [0.1, 0.15) is 18.5 Å². The molecule has 132 valence electrons. The standard InChI is InChI=1S/C20H25N3O2/c24-20(10-6-16-25-19-8-2-1-3-9-19)23-14-12-22(13-15-23)17-18-7-4-5-11-21-18/h1-5,7-9,11H,6,10,12-17H2. The van der Waals surface area contributed by atoms with Crippen molar-refractivity contribution in [3.05, 3.63) is 60.4 Å². The van der Waals surface area contributed by atoms with Crippen molar-refractivity contribution in [2.75, 3.05) is 32.8 Å². The van der Waals surface area contributed by atoms with E-state index in [9.17, 15) is 4.79 Å². The van der Waals surface area contributed by atoms with Gasteiger partial charge in [0.05, 0.1) is 12.3 Å². The van der Waals surface area contributed by atoms with Crippen molar-refractivity contribution in [3.8, 4) is 5.75 Å². The molecule has 0 radical (unpaired) electrons. The van der Waals surface area contributed by atoms with Crippen LogP contribution in [0.5, 0.6) is 5.75 Å². The lowest BCUT2D eigenvalue weighted by molar-refractivity contribution is -0.133. The predicted octanol–water partition coefficient (Wildman–Crippen LogP) is 2.59. The average molecular weight is 339 g/mol. The lowest BCUT2D eigenvalue weighted by Gasteiger charge is -2.34. The third kappa shape index (κ3) is 5.57. The van der Waals surface area contributed by atoms with Crippen LogP contribution in [0.4, 0.5) is 0 Å². The van der Waals surface area contributed by atoms with Gasteiger partial charge in [-0.3, -0.25) is 14.7 Å². The van der Waals surface area contributed by atoms with Gasteiger partial charge in [0.2, 0.25) is 5.91 Å². The van der Waals surface area contributed by atoms with Crippen molar-refractivity contribution in [1.29, 1.82) is 0 Å². The van der Waals surface area contributed by atoms with Crippen LogP contribution in [0.3, 0.4) is 0 Å². The Kier molecular flexibility index (Phi) is 6.40. The van der Waals surface area contributed by atoms with Crippen LogP contribution in [-0.4, -0.2) is 53.5 Å². The molecule has 1 amide bonds. The van der Waals surface area contributed by atoms with E-state index in [2.05, 4.69) is 9.88 Å². The molecule has 3 rings (SSSR count). The number of rotatable bonds is 7. The summed E-state index contributed by atoms with van der Waals surface area (Å²) in [7, 11) is 0. The summed E-state index contributed by atoms with van der Waals surface area (Å²) in [6.45, 7) is 4.84. The van der Waals surface area contributed by atoms with Gasteiger partial charge in [0.1, 0.15) is 5.75 Å². The van der Waals surface area contributed by atoms with Gasteiger partial charge in [-0.25, -0.2) is 0 Å². The zero-order chi connectivity index (χ0) is 17.3. The fraction of sp³-hybridized carbons (Fsp3) is 0.400. The molecule has 25 heavy (non-hydrogen) atoms. The van der Waals surface area contributed by atoms with Crippen molar-refractivity contribution in [1.82, 2.24) is 14.8 Å². The Balaban J connectivity index is 1.33. The molecule has 2 aromatic rings. The van der Waals surface area contributed by atoms with E-state index < -0.39 is 0 Å². The quantitative estimate of drug-likeness (QED) is 0.728. The first-order valence-electron chi connectivity index (χ1n) is 8.89. The first kappa shape index (κ1) is 17.4. The van der Waals surface area contributed by atoms with Crippen molar-refractivity contribution < 1.29 is 9.53 Å². The minimum absolute atomic E-state index is 0.231. The molecule has 1 saturated heterocycles. The monoisotopic (exact) mass is 339 g/mol. The minimum atomic E-state index is 0.231. The number of pyridine rings is 1. The van der Waals surface area contributed by atoms with E-state index in [1.54, 1.807) is 0 Å². The van der Waals surface area contributed by atoms with E-state index in [0.29, 0.717) is 13.0 Å². The summed E-state index contributed by atoms with van der Waals surface area (Å²) in [5, 5.41) is 0. The second kappa shape index (κ2) is 9.18. The van der Waals surface area contributed by atoms with Gasteiger partial charge in [0.15, 0.2) is 0 Å². The van der Waals surface area contributed by atoms with Gasteiger partial charge in [-0.1, -0.05) is 24.3 Å². The summed E-state index contributed by atoms with van der Waals surface area (Å²) in [5.41, 5.74) is 1.08. The third-order valence-corrected chi connectivity index (χ3v) is 4.38. The second-order valence-corrected chi connectivity index (χ2v) is 6.24. The number of nitrogens with zero attached hydrogens (tertiary/aromatic N) is 3. The fourth-order valence-corrected chi connectivity index (χ4v) is 2.96. The zero-order valence-electron chi connectivity index (χ0n) is 14.5. The van der Waals surface area contributed by atoms with Gasteiger partial charge >= 0.3 is 0 Å². The topological polar surface area (TPSA) is 45.7 Å². The third-order valence-electron chi connectivity index (χ3n) is 4.38. The summed E-state index contributed by atoms with van der Waals surface area (Å²) in [4.78, 5) is 21.0. The van der Waals surface area contributed by atoms with Crippen LogP contribution in [-0.2, 0) is 11.3 Å². The maximum absolute atomic E-state index is 12.3. The van der Waals surface area contributed by atoms with E-state index in [-0.39, 0.29) is 5.91 Å². The number of amides is 1. The fourth-order valence-electron chi connectivity index (χ4n) is 2.96. The molecule has 0 bridgehead atoms. The van der Waals surface area contributed by atoms with E-state index in [1.807, 2.05) is 59.6 Å². The molecule has 0 saturated carbocycles. The van der Waals surface area contributed by atoms with E-state index >= 15 is 0 Å². The van der Waals surface area contributed by atoms with Crippen LogP contribution >= 0.6 is 0 Å². The van der Waals surface area contributed by atoms with Crippen molar-refractivity contribution in [3.63, 3.8) is 0 Å². The number of para-hydroxylation sites is 1. The van der Waals surface area contributed by atoms with Gasteiger partial charge in [-0.15, -0.1) is 0 Å². The normalized spacial score (nSPS) is 15.1. The molecule has 5 nitrogen and oxygen atoms in total. The second-order valence-electron chi connectivity index (χ2n) is 6.24. The molecule has 1 aliphatic heterocycles. The number of hydrogen-bond donors (Lipinski definition) is 0. The lowest BCUT2D eigenvalue weighted by Crippen LogP contribution is -2.48. The molecule has 0 unspecified atom stereocenters. The number of carbonyl (C=O) groups excluding carboxylic acids is 1. The summed E-state index contributed by atoms with van der Waals surface area (Å²) in [6, 6.07) is 15.7. The minimum Gasteiger partial charge on any atom is -0.494 e. The lowest BCUT2D eigenvalue weighted by atomic mass is 10.2. The van der Waals surface area contributed by atoms with Crippen LogP contribution in [0.25, 0.3) is 0 Å². The van der Waals surface area contributed by atoms with Crippen LogP contribution in [0, 0.1) is 0 Å². The molecule has 0 atom stereocenters. The van der Waals surface area contributed by atoms with Crippen LogP contribution < -0.4 is 4.74 Å². The Hall–Kier alpha value is -2.40. The average Bonchev–Trinajstić information content (AvgIpc) is 2.67. The molecule has 2 heterocycles. The molecule has 0 spiro atoms. The van der Waals surface area contributed by atoms with E-state index in [4.69, 9.17) is 4.74 Å². The van der Waals surface area contributed by atoms with Crippen LogP contribution in [0.15, 0.2) is 54.7 Å². The van der Waals surface area contributed by atoms with E-state index in [1.165, 1.54) is 0 Å². The highest BCUT2D eigenvalue weighted by molar-refractivity contribution is 5.76. The number of carbonyl (C=O) groups is 1. The molecule has 0 N–H and O–H groups in total. The largest absolute Gasteiger partial charge is 0.494 e. The summed E-state index contributed by atoms with van der Waals surface area (Å²) < 4.78 is 5.64. The number of benzene rings is 1. The Labute approximate surface area is 149 Å². The molecule has 5 heteroatoms. The van der Waals surface area contributed by atoms with Gasteiger partial charge in [0, 0.05) is 45.3 Å². The molecule has 1 aliphatic rings. The highest BCUT2D eigenvalue weighted by atomic mass is 16.5. The number of hydrogen-bond acceptors (Lipinski definition) is 4. The van der Waals surface area contributed by atoms with Gasteiger partial charge in [-0.2, -0.15) is 0 Å². The SMILES string of the molecule is O=C(CCCOc1ccccc1)N1CCN(Cc2ccccn2)CC1. The zero-order valence-corrected chi connectivity index (χ0v) is 14.5. The Morgan fingerprint density at radius 2 is 1.76 bits per heavy atom. The maximum atomic E-state index is 12.3. The summed E-state index contributed by atoms with van der Waals surface area (Å²) >= 11 is 0. The summed E-state index contributed by atoms with van der Waals surface area (Å²) in [5.74, 6) is 1.09. The number of ether oxygens (including phenoxy) is 1. The van der Waals surface area contributed by atoms with Gasteiger partial charge in [-0.05, 0) is 30.7 Å². The Morgan fingerprint density at radius 1 is 1.00 bits per heavy atom. The highest BCUT2D eigenvalue weighted by Gasteiger charge is 2.20. The Bertz CT molecular complexity index is 641. The smallest absolute Gasteiger partial charge is 0.222 e. The molecule has 1 aromatic carbocycles. The predicted molar refractivity (Wildman–Crippen MR) is 97.3 cm³/mol. The van der Waals surface area contributed by atoms with Gasteiger partial charge in [0.25, 0.3) is 0 Å². The molecule has 1 fully saturated rings. The molecule has 1 aromatic heterocycles. The van der Waals surface area contributed by atoms with Crippen molar-refractivity contribution >= 4 is 5.91 Å². The molecule has 0 aliphatic carbocycles. The highest BCUT2D eigenvalue weighted by Crippen LogP contribution is 2.11.